The van der Waals surface area contributed by atoms with Crippen molar-refractivity contribution in [1.82, 2.24) is 0 Å². The molecule has 0 heterocycles. The molecule has 0 fully saturated rings. The zero-order chi connectivity index (χ0) is 17.7. The van der Waals surface area contributed by atoms with Crippen molar-refractivity contribution in [2.75, 3.05) is 10.6 Å². The Morgan fingerprint density at radius 2 is 1.62 bits per heavy atom. The predicted molar refractivity (Wildman–Crippen MR) is 95.7 cm³/mol. The van der Waals surface area contributed by atoms with Crippen LogP contribution in [0.4, 0.5) is 11.4 Å². The molecule has 0 aliphatic carbocycles. The topological polar surface area (TPSA) is 67.4 Å². The highest BCUT2D eigenvalue weighted by atomic mass is 35.5. The predicted octanol–water partition coefficient (Wildman–Crippen LogP) is 4.01. The van der Waals surface area contributed by atoms with Crippen LogP contribution in [0.25, 0.3) is 0 Å². The van der Waals surface area contributed by atoms with Crippen molar-refractivity contribution in [2.24, 2.45) is 0 Å². The molecular weight excluding hydrogens is 328 g/mol. The van der Waals surface area contributed by atoms with Crippen molar-refractivity contribution in [3.63, 3.8) is 0 Å². The molecule has 0 radical (unpaired) electrons. The molecule has 0 aromatic heterocycles. The van der Waals surface area contributed by atoms with Gasteiger partial charge in [0.2, 0.25) is 5.91 Å². The second kappa shape index (κ2) is 7.84. The third kappa shape index (κ3) is 4.99. The van der Waals surface area contributed by atoms with Gasteiger partial charge in [-0.05, 0) is 61.9 Å². The molecule has 0 aliphatic rings. The Labute approximate surface area is 146 Å². The van der Waals surface area contributed by atoms with Crippen molar-refractivity contribution in [3.05, 3.63) is 53.1 Å². The fraction of sp³-hybridized carbons (Fsp3) is 0.222. The number of anilines is 2. The molecule has 0 saturated carbocycles. The molecule has 0 bridgehead atoms. The zero-order valence-electron chi connectivity index (χ0n) is 13.7. The molecule has 0 spiro atoms. The molecular formula is C18H19ClN2O3. The number of amides is 2. The van der Waals surface area contributed by atoms with Crippen molar-refractivity contribution in [3.8, 4) is 5.75 Å². The molecule has 2 amide bonds. The molecule has 1 unspecified atom stereocenters. The van der Waals surface area contributed by atoms with Crippen LogP contribution < -0.4 is 15.4 Å². The first-order valence-electron chi connectivity index (χ1n) is 7.46. The number of carbonyl (C=O) groups is 2. The molecule has 6 heteroatoms. The highest BCUT2D eigenvalue weighted by Gasteiger charge is 2.15. The van der Waals surface area contributed by atoms with E-state index in [1.165, 1.54) is 6.92 Å². The first kappa shape index (κ1) is 17.8. The summed E-state index contributed by atoms with van der Waals surface area (Å²) in [4.78, 5) is 23.2. The van der Waals surface area contributed by atoms with Crippen LogP contribution in [0, 0.1) is 6.92 Å². The maximum Gasteiger partial charge on any atom is 0.265 e. The second-order valence-corrected chi connectivity index (χ2v) is 5.83. The zero-order valence-corrected chi connectivity index (χ0v) is 14.5. The van der Waals surface area contributed by atoms with Crippen molar-refractivity contribution >= 4 is 34.8 Å². The minimum Gasteiger partial charge on any atom is -0.481 e. The summed E-state index contributed by atoms with van der Waals surface area (Å²) in [5.74, 6) is 0.169. The van der Waals surface area contributed by atoms with Gasteiger partial charge in [0, 0.05) is 23.3 Å². The van der Waals surface area contributed by atoms with Crippen molar-refractivity contribution in [1.29, 1.82) is 0 Å². The molecule has 0 saturated heterocycles. The Hall–Kier alpha value is -2.53. The number of rotatable bonds is 5. The summed E-state index contributed by atoms with van der Waals surface area (Å²) >= 11 is 5.97. The lowest BCUT2D eigenvalue weighted by Crippen LogP contribution is -2.30. The third-order valence-corrected chi connectivity index (χ3v) is 3.71. The summed E-state index contributed by atoms with van der Waals surface area (Å²) in [5.41, 5.74) is 2.17. The van der Waals surface area contributed by atoms with E-state index in [4.69, 9.17) is 16.3 Å². The highest BCUT2D eigenvalue weighted by Crippen LogP contribution is 2.22. The fourth-order valence-electron chi connectivity index (χ4n) is 2.03. The van der Waals surface area contributed by atoms with E-state index in [9.17, 15) is 9.59 Å². The van der Waals surface area contributed by atoms with E-state index in [2.05, 4.69) is 10.6 Å². The van der Waals surface area contributed by atoms with Gasteiger partial charge in [-0.15, -0.1) is 0 Å². The van der Waals surface area contributed by atoms with Crippen LogP contribution in [0.3, 0.4) is 0 Å². The van der Waals surface area contributed by atoms with E-state index >= 15 is 0 Å². The van der Waals surface area contributed by atoms with Gasteiger partial charge in [-0.1, -0.05) is 11.6 Å². The maximum atomic E-state index is 12.2. The molecule has 24 heavy (non-hydrogen) atoms. The summed E-state index contributed by atoms with van der Waals surface area (Å²) in [5, 5.41) is 6.08. The van der Waals surface area contributed by atoms with Gasteiger partial charge in [-0.3, -0.25) is 9.59 Å². The van der Waals surface area contributed by atoms with Crippen molar-refractivity contribution in [2.45, 2.75) is 26.9 Å². The van der Waals surface area contributed by atoms with Crippen molar-refractivity contribution < 1.29 is 14.3 Å². The Morgan fingerprint density at radius 3 is 2.17 bits per heavy atom. The number of halogens is 1. The average molecular weight is 347 g/mol. The summed E-state index contributed by atoms with van der Waals surface area (Å²) < 4.78 is 5.63. The van der Waals surface area contributed by atoms with Crippen LogP contribution in [-0.2, 0) is 9.59 Å². The first-order chi connectivity index (χ1) is 11.3. The average Bonchev–Trinajstić information content (AvgIpc) is 2.52. The number of benzene rings is 2. The molecule has 2 aromatic rings. The van der Waals surface area contributed by atoms with Gasteiger partial charge in [-0.2, -0.15) is 0 Å². The minimum absolute atomic E-state index is 0.146. The summed E-state index contributed by atoms with van der Waals surface area (Å²) in [6.07, 6.45) is -0.666. The van der Waals surface area contributed by atoms with E-state index < -0.39 is 6.10 Å². The van der Waals surface area contributed by atoms with Gasteiger partial charge >= 0.3 is 0 Å². The quantitative estimate of drug-likeness (QED) is 0.859. The smallest absolute Gasteiger partial charge is 0.265 e. The number of aryl methyl sites for hydroxylation is 1. The number of nitrogens with one attached hydrogen (secondary N) is 2. The summed E-state index contributed by atoms with van der Waals surface area (Å²) in [6.45, 7) is 4.98. The number of hydrogen-bond acceptors (Lipinski definition) is 3. The Bertz CT molecular complexity index is 744. The van der Waals surface area contributed by atoms with Gasteiger partial charge in [0.15, 0.2) is 6.10 Å². The van der Waals surface area contributed by atoms with Gasteiger partial charge in [0.05, 0.1) is 0 Å². The Morgan fingerprint density at radius 1 is 1.04 bits per heavy atom. The summed E-state index contributed by atoms with van der Waals surface area (Å²) in [7, 11) is 0. The number of ether oxygens (including phenoxy) is 1. The van der Waals surface area contributed by atoms with E-state index in [-0.39, 0.29) is 11.8 Å². The van der Waals surface area contributed by atoms with Crippen LogP contribution in [0.5, 0.6) is 5.75 Å². The standard InChI is InChI=1S/C18H19ClN2O3/c1-11-10-16(8-9-17(11)19)24-12(2)18(23)21-15-6-4-14(5-7-15)20-13(3)22/h4-10,12H,1-3H3,(H,20,22)(H,21,23). The van der Waals surface area contributed by atoms with Crippen LogP contribution in [0.1, 0.15) is 19.4 Å². The Kier molecular flexibility index (Phi) is 5.82. The van der Waals surface area contributed by atoms with Gasteiger partial charge in [-0.25, -0.2) is 0 Å². The lowest BCUT2D eigenvalue weighted by Gasteiger charge is -2.15. The van der Waals surface area contributed by atoms with Crippen LogP contribution in [0.15, 0.2) is 42.5 Å². The Balaban J connectivity index is 1.95. The van der Waals surface area contributed by atoms with Crippen LogP contribution in [0.2, 0.25) is 5.02 Å². The lowest BCUT2D eigenvalue weighted by atomic mass is 10.2. The summed E-state index contributed by atoms with van der Waals surface area (Å²) in [6, 6.07) is 12.1. The molecule has 5 nitrogen and oxygen atoms in total. The van der Waals surface area contributed by atoms with Crippen LogP contribution in [-0.4, -0.2) is 17.9 Å². The first-order valence-corrected chi connectivity index (χ1v) is 7.84. The maximum absolute atomic E-state index is 12.2. The lowest BCUT2D eigenvalue weighted by molar-refractivity contribution is -0.122. The molecule has 2 aromatic carbocycles. The van der Waals surface area contributed by atoms with Gasteiger partial charge in [0.25, 0.3) is 5.91 Å². The van der Waals surface area contributed by atoms with E-state index in [1.54, 1.807) is 49.4 Å². The highest BCUT2D eigenvalue weighted by molar-refractivity contribution is 6.31. The largest absolute Gasteiger partial charge is 0.481 e. The van der Waals surface area contributed by atoms with Gasteiger partial charge in [0.1, 0.15) is 5.75 Å². The van der Waals surface area contributed by atoms with E-state index in [1.807, 2.05) is 6.92 Å². The minimum atomic E-state index is -0.666. The molecule has 1 atom stereocenters. The normalized spacial score (nSPS) is 11.5. The third-order valence-electron chi connectivity index (χ3n) is 3.28. The monoisotopic (exact) mass is 346 g/mol. The van der Waals surface area contributed by atoms with E-state index in [0.717, 1.165) is 5.56 Å². The second-order valence-electron chi connectivity index (χ2n) is 5.42. The fourth-order valence-corrected chi connectivity index (χ4v) is 2.15. The SMILES string of the molecule is CC(=O)Nc1ccc(NC(=O)C(C)Oc2ccc(Cl)c(C)c2)cc1. The molecule has 0 aliphatic heterocycles. The number of carbonyl (C=O) groups excluding carboxylic acids is 2. The number of hydrogen-bond donors (Lipinski definition) is 2. The molecule has 126 valence electrons. The van der Waals surface area contributed by atoms with Gasteiger partial charge < -0.3 is 15.4 Å². The van der Waals surface area contributed by atoms with E-state index in [0.29, 0.717) is 22.1 Å². The molecule has 2 N–H and O–H groups in total. The van der Waals surface area contributed by atoms with Crippen LogP contribution >= 0.6 is 11.6 Å². The molecule has 2 rings (SSSR count).